The summed E-state index contributed by atoms with van der Waals surface area (Å²) in [6.45, 7) is 5.39. The Kier molecular flexibility index (Phi) is 6.03. The summed E-state index contributed by atoms with van der Waals surface area (Å²) in [5, 5.41) is 3.41. The first-order valence-corrected chi connectivity index (χ1v) is 6.20. The molecule has 0 aliphatic carbocycles. The maximum absolute atomic E-state index is 5.79. The van der Waals surface area contributed by atoms with E-state index in [0.717, 1.165) is 38.9 Å². The van der Waals surface area contributed by atoms with Crippen LogP contribution < -0.4 is 5.32 Å². The molecule has 3 heteroatoms. The monoisotopic (exact) mass is 227 g/mol. The van der Waals surface area contributed by atoms with Gasteiger partial charge in [-0.25, -0.2) is 0 Å². The lowest BCUT2D eigenvalue weighted by molar-refractivity contribution is -0.110. The van der Waals surface area contributed by atoms with Crippen molar-refractivity contribution in [1.29, 1.82) is 0 Å². The van der Waals surface area contributed by atoms with Gasteiger partial charge in [-0.15, -0.1) is 6.58 Å². The van der Waals surface area contributed by atoms with E-state index in [1.165, 1.54) is 6.42 Å². The molecule has 1 atom stereocenters. The van der Waals surface area contributed by atoms with Gasteiger partial charge in [0.25, 0.3) is 0 Å². The predicted octanol–water partition coefficient (Wildman–Crippen LogP) is 2.13. The van der Waals surface area contributed by atoms with E-state index in [-0.39, 0.29) is 5.60 Å². The zero-order chi connectivity index (χ0) is 11.9. The summed E-state index contributed by atoms with van der Waals surface area (Å²) in [6.07, 6.45) is 7.34. The zero-order valence-electron chi connectivity index (χ0n) is 10.6. The van der Waals surface area contributed by atoms with Crippen molar-refractivity contribution in [2.75, 3.05) is 27.4 Å². The van der Waals surface area contributed by atoms with Crippen LogP contribution in [0.3, 0.4) is 0 Å². The van der Waals surface area contributed by atoms with Gasteiger partial charge < -0.3 is 14.8 Å². The third-order valence-corrected chi connectivity index (χ3v) is 3.63. The second-order valence-corrected chi connectivity index (χ2v) is 4.44. The van der Waals surface area contributed by atoms with E-state index in [9.17, 15) is 0 Å². The number of hydrogen-bond donors (Lipinski definition) is 1. The summed E-state index contributed by atoms with van der Waals surface area (Å²) < 4.78 is 11.2. The second kappa shape index (κ2) is 7.05. The first kappa shape index (κ1) is 13.7. The molecular weight excluding hydrogens is 202 g/mol. The van der Waals surface area contributed by atoms with Crippen LogP contribution in [0.5, 0.6) is 0 Å². The van der Waals surface area contributed by atoms with Gasteiger partial charge in [0.1, 0.15) is 0 Å². The molecule has 0 aromatic heterocycles. The first-order chi connectivity index (χ1) is 7.79. The van der Waals surface area contributed by atoms with Crippen LogP contribution in [-0.4, -0.2) is 39.0 Å². The molecule has 94 valence electrons. The van der Waals surface area contributed by atoms with Crippen LogP contribution >= 0.6 is 0 Å². The van der Waals surface area contributed by atoms with Crippen molar-refractivity contribution in [2.45, 2.75) is 43.7 Å². The summed E-state index contributed by atoms with van der Waals surface area (Å²) in [5.41, 5.74) is -0.0336. The molecule has 1 saturated heterocycles. The van der Waals surface area contributed by atoms with Crippen molar-refractivity contribution in [1.82, 2.24) is 5.32 Å². The lowest BCUT2D eigenvalue weighted by Gasteiger charge is -2.42. The van der Waals surface area contributed by atoms with Gasteiger partial charge in [0.05, 0.1) is 5.60 Å². The fourth-order valence-electron chi connectivity index (χ4n) is 2.55. The van der Waals surface area contributed by atoms with Gasteiger partial charge in [0, 0.05) is 39.2 Å². The number of likely N-dealkylation sites (N-methyl/N-ethyl adjacent to an activating group) is 1. The lowest BCUT2D eigenvalue weighted by atomic mass is 9.83. The van der Waals surface area contributed by atoms with Crippen LogP contribution in [0.1, 0.15) is 32.1 Å². The second-order valence-electron chi connectivity index (χ2n) is 4.44. The van der Waals surface area contributed by atoms with Gasteiger partial charge in [0.2, 0.25) is 0 Å². The topological polar surface area (TPSA) is 30.5 Å². The average Bonchev–Trinajstić information content (AvgIpc) is 2.35. The highest BCUT2D eigenvalue weighted by molar-refractivity contribution is 4.94. The van der Waals surface area contributed by atoms with Gasteiger partial charge in [-0.3, -0.25) is 0 Å². The summed E-state index contributed by atoms with van der Waals surface area (Å²) in [5.74, 6) is 0. The van der Waals surface area contributed by atoms with Gasteiger partial charge in [-0.2, -0.15) is 0 Å². The Morgan fingerprint density at radius 3 is 2.69 bits per heavy atom. The molecule has 0 spiro atoms. The molecule has 16 heavy (non-hydrogen) atoms. The number of rotatable bonds is 7. The molecule has 1 aliphatic rings. The van der Waals surface area contributed by atoms with Crippen molar-refractivity contribution in [3.63, 3.8) is 0 Å². The number of allylic oxidation sites excluding steroid dienone is 1. The third-order valence-electron chi connectivity index (χ3n) is 3.63. The Hall–Kier alpha value is -0.380. The summed E-state index contributed by atoms with van der Waals surface area (Å²) >= 11 is 0. The van der Waals surface area contributed by atoms with Crippen molar-refractivity contribution in [3.8, 4) is 0 Å². The summed E-state index contributed by atoms with van der Waals surface area (Å²) in [4.78, 5) is 0. The van der Waals surface area contributed by atoms with Crippen LogP contribution in [0.2, 0.25) is 0 Å². The molecule has 1 aliphatic heterocycles. The summed E-state index contributed by atoms with van der Waals surface area (Å²) in [7, 11) is 3.85. The minimum absolute atomic E-state index is 0.0336. The highest BCUT2D eigenvalue weighted by Crippen LogP contribution is 2.30. The molecular formula is C13H25NO2. The van der Waals surface area contributed by atoms with Crippen molar-refractivity contribution in [2.24, 2.45) is 0 Å². The molecule has 0 aromatic carbocycles. The van der Waals surface area contributed by atoms with Gasteiger partial charge >= 0.3 is 0 Å². The highest BCUT2D eigenvalue weighted by atomic mass is 16.5. The molecule has 0 saturated carbocycles. The molecule has 1 unspecified atom stereocenters. The van der Waals surface area contributed by atoms with Crippen LogP contribution in [0.15, 0.2) is 12.7 Å². The normalized spacial score (nSPS) is 21.6. The van der Waals surface area contributed by atoms with Gasteiger partial charge in [0.15, 0.2) is 0 Å². The van der Waals surface area contributed by atoms with Crippen LogP contribution in [0, 0.1) is 0 Å². The minimum atomic E-state index is -0.0336. The van der Waals surface area contributed by atoms with E-state index >= 15 is 0 Å². The molecule has 0 amide bonds. The number of methoxy groups -OCH3 is 1. The quantitative estimate of drug-likeness (QED) is 0.534. The first-order valence-electron chi connectivity index (χ1n) is 6.20. The van der Waals surface area contributed by atoms with Crippen molar-refractivity contribution < 1.29 is 9.47 Å². The predicted molar refractivity (Wildman–Crippen MR) is 66.7 cm³/mol. The maximum Gasteiger partial charge on any atom is 0.0874 e. The van der Waals surface area contributed by atoms with Crippen molar-refractivity contribution >= 4 is 0 Å². The average molecular weight is 227 g/mol. The van der Waals surface area contributed by atoms with E-state index in [2.05, 4.69) is 11.9 Å². The molecule has 1 heterocycles. The Bertz CT molecular complexity index is 200. The fraction of sp³-hybridized carbons (Fsp3) is 0.846. The molecule has 1 rings (SSSR count). The standard InChI is InChI=1S/C13H25NO2/c1-4-5-6-7-12(14-2)13(15-3)8-10-16-11-9-13/h4,12,14H,1,5-11H2,2-3H3. The fourth-order valence-corrected chi connectivity index (χ4v) is 2.55. The highest BCUT2D eigenvalue weighted by Gasteiger charge is 2.39. The van der Waals surface area contributed by atoms with Crippen LogP contribution in [0.4, 0.5) is 0 Å². The number of unbranched alkanes of at least 4 members (excludes halogenated alkanes) is 1. The number of nitrogens with one attached hydrogen (secondary N) is 1. The molecule has 0 bridgehead atoms. The third kappa shape index (κ3) is 3.30. The Morgan fingerprint density at radius 2 is 2.19 bits per heavy atom. The number of hydrogen-bond acceptors (Lipinski definition) is 3. The number of ether oxygens (including phenoxy) is 2. The molecule has 1 fully saturated rings. The Morgan fingerprint density at radius 1 is 1.50 bits per heavy atom. The largest absolute Gasteiger partial charge is 0.381 e. The Balaban J connectivity index is 2.54. The van der Waals surface area contributed by atoms with Crippen LogP contribution in [-0.2, 0) is 9.47 Å². The molecule has 1 N–H and O–H groups in total. The van der Waals surface area contributed by atoms with Crippen LogP contribution in [0.25, 0.3) is 0 Å². The SMILES string of the molecule is C=CCCCC(NC)C1(OC)CCOCC1. The van der Waals surface area contributed by atoms with E-state index in [1.54, 1.807) is 0 Å². The van der Waals surface area contributed by atoms with Gasteiger partial charge in [-0.1, -0.05) is 6.08 Å². The summed E-state index contributed by atoms with van der Waals surface area (Å²) in [6, 6.07) is 0.418. The zero-order valence-corrected chi connectivity index (χ0v) is 10.6. The van der Waals surface area contributed by atoms with E-state index < -0.39 is 0 Å². The van der Waals surface area contributed by atoms with E-state index in [1.807, 2.05) is 20.2 Å². The lowest BCUT2D eigenvalue weighted by Crippen LogP contribution is -2.54. The Labute approximate surface area is 99.2 Å². The van der Waals surface area contributed by atoms with E-state index in [0.29, 0.717) is 6.04 Å². The molecule has 3 nitrogen and oxygen atoms in total. The maximum atomic E-state index is 5.79. The van der Waals surface area contributed by atoms with Gasteiger partial charge in [-0.05, 0) is 26.3 Å². The van der Waals surface area contributed by atoms with Crippen molar-refractivity contribution in [3.05, 3.63) is 12.7 Å². The minimum Gasteiger partial charge on any atom is -0.381 e. The molecule has 0 aromatic rings. The molecule has 0 radical (unpaired) electrons. The smallest absolute Gasteiger partial charge is 0.0874 e. The van der Waals surface area contributed by atoms with E-state index in [4.69, 9.17) is 9.47 Å².